The summed E-state index contributed by atoms with van der Waals surface area (Å²) in [5.74, 6) is 1.06. The number of carbonyl (C=O) groups excluding carboxylic acids is 1. The van der Waals surface area contributed by atoms with E-state index in [1.807, 2.05) is 0 Å². The molecule has 1 saturated carbocycles. The number of amides is 1. The van der Waals surface area contributed by atoms with Crippen molar-refractivity contribution in [3.8, 4) is 0 Å². The van der Waals surface area contributed by atoms with Crippen LogP contribution in [-0.2, 0) is 16.0 Å². The fraction of sp³-hybridized carbons (Fsp3) is 0.769. The maximum atomic E-state index is 11.9. The van der Waals surface area contributed by atoms with Gasteiger partial charge in [0.05, 0.1) is 6.61 Å². The zero-order chi connectivity index (χ0) is 13.8. The van der Waals surface area contributed by atoms with Gasteiger partial charge < -0.3 is 4.74 Å². The number of nitrogens with one attached hydrogen (secondary N) is 1. The number of ether oxygens (including phenoxy) is 1. The van der Waals surface area contributed by atoms with Crippen molar-refractivity contribution in [2.24, 2.45) is 11.8 Å². The molecule has 19 heavy (non-hydrogen) atoms. The van der Waals surface area contributed by atoms with Gasteiger partial charge in [0, 0.05) is 6.42 Å². The summed E-state index contributed by atoms with van der Waals surface area (Å²) in [5, 5.41) is 12.3. The number of nitrogens with zero attached hydrogens (tertiary/aromatic N) is 2. The molecule has 6 heteroatoms. The molecule has 1 aromatic rings. The molecule has 5 nitrogen and oxygen atoms in total. The number of rotatable bonds is 7. The Morgan fingerprint density at radius 3 is 2.79 bits per heavy atom. The van der Waals surface area contributed by atoms with Crippen molar-refractivity contribution >= 4 is 22.4 Å². The summed E-state index contributed by atoms with van der Waals surface area (Å²) < 4.78 is 5.52. The molecule has 2 rings (SSSR count). The average molecular weight is 283 g/mol. The summed E-state index contributed by atoms with van der Waals surface area (Å²) in [4.78, 5) is 11.9. The third-order valence-corrected chi connectivity index (χ3v) is 3.79. The topological polar surface area (TPSA) is 64.1 Å². The molecule has 0 saturated heterocycles. The van der Waals surface area contributed by atoms with Crippen LogP contribution < -0.4 is 5.32 Å². The van der Waals surface area contributed by atoms with Crippen LogP contribution in [0.25, 0.3) is 0 Å². The molecule has 0 spiro atoms. The SMILES string of the molecule is CC(C)Cc1nnc(NC(=O)C(C)OCC2CC2)s1. The van der Waals surface area contributed by atoms with Crippen LogP contribution in [0.5, 0.6) is 0 Å². The highest BCUT2D eigenvalue weighted by atomic mass is 32.1. The third-order valence-electron chi connectivity index (χ3n) is 2.93. The average Bonchev–Trinajstić information content (AvgIpc) is 3.07. The first-order chi connectivity index (χ1) is 9.04. The summed E-state index contributed by atoms with van der Waals surface area (Å²) >= 11 is 1.43. The summed E-state index contributed by atoms with van der Waals surface area (Å²) in [6.07, 6.45) is 2.91. The highest BCUT2D eigenvalue weighted by Gasteiger charge is 2.24. The van der Waals surface area contributed by atoms with E-state index in [2.05, 4.69) is 29.4 Å². The lowest BCUT2D eigenvalue weighted by Crippen LogP contribution is -2.28. The van der Waals surface area contributed by atoms with Gasteiger partial charge in [-0.25, -0.2) is 0 Å². The minimum atomic E-state index is -0.432. The summed E-state index contributed by atoms with van der Waals surface area (Å²) in [5.41, 5.74) is 0. The van der Waals surface area contributed by atoms with Gasteiger partial charge in [0.15, 0.2) is 0 Å². The molecule has 1 aliphatic rings. The minimum absolute atomic E-state index is 0.145. The molecule has 1 aliphatic carbocycles. The molecule has 1 aromatic heterocycles. The second kappa shape index (κ2) is 6.43. The van der Waals surface area contributed by atoms with Crippen molar-refractivity contribution in [2.75, 3.05) is 11.9 Å². The molecule has 1 heterocycles. The van der Waals surface area contributed by atoms with E-state index < -0.39 is 6.10 Å². The Kier molecular flexibility index (Phi) is 4.87. The molecule has 0 aromatic carbocycles. The van der Waals surface area contributed by atoms with Crippen molar-refractivity contribution in [2.45, 2.75) is 46.1 Å². The maximum absolute atomic E-state index is 11.9. The van der Waals surface area contributed by atoms with Crippen molar-refractivity contribution < 1.29 is 9.53 Å². The minimum Gasteiger partial charge on any atom is -0.368 e. The molecule has 1 N–H and O–H groups in total. The molecule has 1 fully saturated rings. The van der Waals surface area contributed by atoms with E-state index in [0.29, 0.717) is 23.6 Å². The number of hydrogen-bond donors (Lipinski definition) is 1. The normalized spacial score (nSPS) is 16.6. The maximum Gasteiger partial charge on any atom is 0.255 e. The van der Waals surface area contributed by atoms with Gasteiger partial charge >= 0.3 is 0 Å². The number of anilines is 1. The zero-order valence-corrected chi connectivity index (χ0v) is 12.5. The van der Waals surface area contributed by atoms with Gasteiger partial charge in [0.25, 0.3) is 5.91 Å². The van der Waals surface area contributed by atoms with Crippen LogP contribution in [0.4, 0.5) is 5.13 Å². The number of aromatic nitrogens is 2. The lowest BCUT2D eigenvalue weighted by Gasteiger charge is -2.11. The zero-order valence-electron chi connectivity index (χ0n) is 11.7. The lowest BCUT2D eigenvalue weighted by molar-refractivity contribution is -0.126. The van der Waals surface area contributed by atoms with Crippen molar-refractivity contribution in [1.82, 2.24) is 10.2 Å². The smallest absolute Gasteiger partial charge is 0.255 e. The Hall–Kier alpha value is -1.01. The van der Waals surface area contributed by atoms with E-state index in [1.54, 1.807) is 6.92 Å². The van der Waals surface area contributed by atoms with Gasteiger partial charge in [0.1, 0.15) is 11.1 Å². The molecule has 0 aliphatic heterocycles. The van der Waals surface area contributed by atoms with Gasteiger partial charge in [-0.1, -0.05) is 25.2 Å². The van der Waals surface area contributed by atoms with Crippen LogP contribution >= 0.6 is 11.3 Å². The second-order valence-electron chi connectivity index (χ2n) is 5.51. The van der Waals surface area contributed by atoms with Crippen LogP contribution in [0.2, 0.25) is 0 Å². The Morgan fingerprint density at radius 1 is 1.42 bits per heavy atom. The second-order valence-corrected chi connectivity index (χ2v) is 6.57. The molecular formula is C13H21N3O2S. The summed E-state index contributed by atoms with van der Waals surface area (Å²) in [7, 11) is 0. The molecule has 0 bridgehead atoms. The monoisotopic (exact) mass is 283 g/mol. The van der Waals surface area contributed by atoms with Crippen molar-refractivity contribution in [3.05, 3.63) is 5.01 Å². The molecular weight excluding hydrogens is 262 g/mol. The Morgan fingerprint density at radius 2 is 2.16 bits per heavy atom. The number of carbonyl (C=O) groups is 1. The van der Waals surface area contributed by atoms with Crippen LogP contribution in [-0.4, -0.2) is 28.8 Å². The van der Waals surface area contributed by atoms with E-state index in [1.165, 1.54) is 24.2 Å². The fourth-order valence-electron chi connectivity index (χ4n) is 1.58. The first-order valence-corrected chi connectivity index (χ1v) is 7.61. The molecule has 1 amide bonds. The highest BCUT2D eigenvalue weighted by Crippen LogP contribution is 2.29. The highest BCUT2D eigenvalue weighted by molar-refractivity contribution is 7.15. The molecule has 0 radical (unpaired) electrons. The van der Waals surface area contributed by atoms with Crippen LogP contribution in [0, 0.1) is 11.8 Å². The van der Waals surface area contributed by atoms with Gasteiger partial charge in [-0.15, -0.1) is 10.2 Å². The third kappa shape index (κ3) is 4.87. The Bertz CT molecular complexity index is 429. The van der Waals surface area contributed by atoms with Gasteiger partial charge in [-0.05, 0) is 31.6 Å². The Balaban J connectivity index is 1.78. The van der Waals surface area contributed by atoms with Gasteiger partial charge in [0.2, 0.25) is 5.13 Å². The summed E-state index contributed by atoms with van der Waals surface area (Å²) in [6, 6.07) is 0. The predicted molar refractivity (Wildman–Crippen MR) is 75.2 cm³/mol. The van der Waals surface area contributed by atoms with E-state index in [-0.39, 0.29) is 5.91 Å². The first kappa shape index (κ1) is 14.4. The quantitative estimate of drug-likeness (QED) is 0.835. The van der Waals surface area contributed by atoms with Gasteiger partial charge in [-0.2, -0.15) is 0 Å². The van der Waals surface area contributed by atoms with E-state index in [9.17, 15) is 4.79 Å². The molecule has 106 valence electrons. The first-order valence-electron chi connectivity index (χ1n) is 6.79. The fourth-order valence-corrected chi connectivity index (χ4v) is 2.54. The van der Waals surface area contributed by atoms with E-state index >= 15 is 0 Å². The molecule has 1 atom stereocenters. The predicted octanol–water partition coefficient (Wildman–Crippen LogP) is 2.49. The van der Waals surface area contributed by atoms with E-state index in [4.69, 9.17) is 4.74 Å². The van der Waals surface area contributed by atoms with Gasteiger partial charge in [-0.3, -0.25) is 10.1 Å². The summed E-state index contributed by atoms with van der Waals surface area (Å²) in [6.45, 7) is 6.72. The van der Waals surface area contributed by atoms with E-state index in [0.717, 1.165) is 11.4 Å². The molecule has 1 unspecified atom stereocenters. The largest absolute Gasteiger partial charge is 0.368 e. The van der Waals surface area contributed by atoms with Crippen molar-refractivity contribution in [1.29, 1.82) is 0 Å². The van der Waals surface area contributed by atoms with Crippen LogP contribution in [0.3, 0.4) is 0 Å². The number of hydrogen-bond acceptors (Lipinski definition) is 5. The Labute approximate surface area is 117 Å². The standard InChI is InChI=1S/C13H21N3O2S/c1-8(2)6-11-15-16-13(19-11)14-12(17)9(3)18-7-10-4-5-10/h8-10H,4-7H2,1-3H3,(H,14,16,17). The van der Waals surface area contributed by atoms with Crippen molar-refractivity contribution in [3.63, 3.8) is 0 Å². The van der Waals surface area contributed by atoms with Crippen LogP contribution in [0.1, 0.15) is 38.6 Å². The van der Waals surface area contributed by atoms with Crippen LogP contribution in [0.15, 0.2) is 0 Å². The lowest BCUT2D eigenvalue weighted by atomic mass is 10.1.